The molecule has 210 valence electrons. The van der Waals surface area contributed by atoms with Gasteiger partial charge in [-0.2, -0.15) is 0 Å². The van der Waals surface area contributed by atoms with Crippen molar-refractivity contribution in [3.63, 3.8) is 0 Å². The minimum Gasteiger partial charge on any atom is -0.457 e. The Balaban J connectivity index is 1.08. The second kappa shape index (κ2) is 10.6. The number of benzene rings is 3. The number of nitrogens with zero attached hydrogens (tertiary/aromatic N) is 2. The zero-order chi connectivity index (χ0) is 28.8. The third-order valence-corrected chi connectivity index (χ3v) is 9.94. The SMILES string of the molecule is CC1(c2csc(-c3ccc(/C=C4\C(=O)NC(=S)N(c5ccc(Oc6ccccc6)cc5)C4=O)cc3)n2)CC2CCC2C1. The number of rotatable bonds is 6. The Morgan fingerprint density at radius 1 is 0.952 bits per heavy atom. The van der Waals surface area contributed by atoms with E-state index in [9.17, 15) is 9.59 Å². The lowest BCUT2D eigenvalue weighted by Gasteiger charge is -2.29. The molecule has 4 aromatic rings. The van der Waals surface area contributed by atoms with Crippen LogP contribution in [0.2, 0.25) is 0 Å². The Hall–Kier alpha value is -4.14. The number of para-hydroxylation sites is 1. The van der Waals surface area contributed by atoms with Crippen LogP contribution in [0.3, 0.4) is 0 Å². The third-order valence-electron chi connectivity index (χ3n) is 8.77. The van der Waals surface area contributed by atoms with Crippen molar-refractivity contribution in [2.75, 3.05) is 4.90 Å². The second-order valence-electron chi connectivity index (χ2n) is 11.6. The highest BCUT2D eigenvalue weighted by Crippen LogP contribution is 2.56. The van der Waals surface area contributed by atoms with E-state index in [-0.39, 0.29) is 16.1 Å². The Kier molecular flexibility index (Phi) is 6.75. The first-order valence-electron chi connectivity index (χ1n) is 14.2. The molecule has 2 atom stereocenters. The van der Waals surface area contributed by atoms with E-state index < -0.39 is 11.8 Å². The average Bonchev–Trinajstić information content (AvgIpc) is 3.57. The first-order valence-corrected chi connectivity index (χ1v) is 15.5. The summed E-state index contributed by atoms with van der Waals surface area (Å²) in [7, 11) is 0. The summed E-state index contributed by atoms with van der Waals surface area (Å²) in [5.41, 5.74) is 3.71. The van der Waals surface area contributed by atoms with E-state index in [1.807, 2.05) is 54.6 Å². The molecule has 3 fully saturated rings. The van der Waals surface area contributed by atoms with Crippen LogP contribution in [0.1, 0.15) is 43.9 Å². The van der Waals surface area contributed by atoms with Crippen LogP contribution >= 0.6 is 23.6 Å². The molecule has 1 saturated heterocycles. The van der Waals surface area contributed by atoms with Gasteiger partial charge in [0.2, 0.25) is 0 Å². The van der Waals surface area contributed by atoms with Gasteiger partial charge in [0.05, 0.1) is 11.4 Å². The van der Waals surface area contributed by atoms with Gasteiger partial charge in [0.25, 0.3) is 11.8 Å². The van der Waals surface area contributed by atoms with Crippen LogP contribution in [0, 0.1) is 11.8 Å². The van der Waals surface area contributed by atoms with Gasteiger partial charge in [0, 0.05) is 16.4 Å². The smallest absolute Gasteiger partial charge is 0.270 e. The first kappa shape index (κ1) is 26.7. The molecular weight excluding hydrogens is 563 g/mol. The number of fused-ring (bicyclic) bond motifs is 1. The Bertz CT molecular complexity index is 1700. The molecule has 42 heavy (non-hydrogen) atoms. The summed E-state index contributed by atoms with van der Waals surface area (Å²) in [6.07, 6.45) is 6.83. The highest BCUT2D eigenvalue weighted by molar-refractivity contribution is 7.80. The molecule has 0 spiro atoms. The number of anilines is 1. The summed E-state index contributed by atoms with van der Waals surface area (Å²) in [6, 6.07) is 24.3. The fourth-order valence-corrected chi connectivity index (χ4v) is 7.64. The maximum atomic E-state index is 13.5. The topological polar surface area (TPSA) is 71.5 Å². The summed E-state index contributed by atoms with van der Waals surface area (Å²) < 4.78 is 5.85. The van der Waals surface area contributed by atoms with Crippen molar-refractivity contribution in [1.82, 2.24) is 10.3 Å². The molecular formula is C34H29N3O3S2. The van der Waals surface area contributed by atoms with Crippen molar-refractivity contribution >= 4 is 52.2 Å². The summed E-state index contributed by atoms with van der Waals surface area (Å²) in [4.78, 5) is 32.7. The molecule has 2 heterocycles. The minimum atomic E-state index is -0.516. The van der Waals surface area contributed by atoms with Crippen molar-refractivity contribution in [3.8, 4) is 22.1 Å². The number of hydrogen-bond donors (Lipinski definition) is 1. The molecule has 0 radical (unpaired) electrons. The van der Waals surface area contributed by atoms with E-state index in [1.165, 1.54) is 36.3 Å². The number of amides is 2. The predicted octanol–water partition coefficient (Wildman–Crippen LogP) is 7.51. The van der Waals surface area contributed by atoms with Crippen LogP contribution < -0.4 is 15.0 Å². The Labute approximate surface area is 254 Å². The van der Waals surface area contributed by atoms with E-state index >= 15 is 0 Å². The van der Waals surface area contributed by atoms with Crippen LogP contribution in [0.15, 0.2) is 89.8 Å². The molecule has 2 aliphatic carbocycles. The molecule has 0 bridgehead atoms. The monoisotopic (exact) mass is 591 g/mol. The normalized spacial score (nSPS) is 24.4. The van der Waals surface area contributed by atoms with Crippen LogP contribution in [-0.4, -0.2) is 21.9 Å². The molecule has 1 aromatic heterocycles. The van der Waals surface area contributed by atoms with E-state index in [1.54, 1.807) is 41.7 Å². The summed E-state index contributed by atoms with van der Waals surface area (Å²) >= 11 is 7.04. The Morgan fingerprint density at radius 2 is 1.62 bits per heavy atom. The Morgan fingerprint density at radius 3 is 2.29 bits per heavy atom. The number of ether oxygens (including phenoxy) is 1. The highest BCUT2D eigenvalue weighted by Gasteiger charge is 2.48. The third kappa shape index (κ3) is 4.95. The molecule has 7 rings (SSSR count). The zero-order valence-corrected chi connectivity index (χ0v) is 24.7. The molecule has 2 saturated carbocycles. The van der Waals surface area contributed by atoms with Crippen LogP contribution in [0.5, 0.6) is 11.5 Å². The summed E-state index contributed by atoms with van der Waals surface area (Å²) in [5.74, 6) is 2.10. The maximum Gasteiger partial charge on any atom is 0.270 e. The van der Waals surface area contributed by atoms with E-state index in [0.29, 0.717) is 17.2 Å². The van der Waals surface area contributed by atoms with Gasteiger partial charge in [0.1, 0.15) is 22.1 Å². The number of thiazole rings is 1. The van der Waals surface area contributed by atoms with Crippen LogP contribution in [0.25, 0.3) is 16.6 Å². The predicted molar refractivity (Wildman–Crippen MR) is 170 cm³/mol. The van der Waals surface area contributed by atoms with Gasteiger partial charge < -0.3 is 4.74 Å². The van der Waals surface area contributed by atoms with Gasteiger partial charge in [-0.1, -0.05) is 49.4 Å². The second-order valence-corrected chi connectivity index (χ2v) is 12.8. The van der Waals surface area contributed by atoms with Gasteiger partial charge in [-0.3, -0.25) is 19.8 Å². The molecule has 2 unspecified atom stereocenters. The largest absolute Gasteiger partial charge is 0.457 e. The van der Waals surface area contributed by atoms with E-state index in [2.05, 4.69) is 17.6 Å². The standard InChI is InChI=1S/C34H29N3O3S2/c1-34(18-23-11-12-24(23)19-34)29-20-42-31(35-29)22-9-7-21(8-10-22)17-28-30(38)36-33(41)37(32(28)39)25-13-15-27(16-14-25)40-26-5-3-2-4-6-26/h2-10,13-17,20,23-24H,11-12,18-19H2,1H3,(H,36,38,41)/b28-17+. The molecule has 1 N–H and O–H groups in total. The number of hydrogen-bond acceptors (Lipinski definition) is 6. The molecule has 3 aliphatic rings. The molecule has 3 aromatic carbocycles. The molecule has 2 amide bonds. The van der Waals surface area contributed by atoms with Gasteiger partial charge in [-0.05, 0) is 97.8 Å². The maximum absolute atomic E-state index is 13.5. The lowest BCUT2D eigenvalue weighted by Crippen LogP contribution is -2.54. The first-order chi connectivity index (χ1) is 20.4. The quantitative estimate of drug-likeness (QED) is 0.143. The molecule has 6 nitrogen and oxygen atoms in total. The van der Waals surface area contributed by atoms with Gasteiger partial charge >= 0.3 is 0 Å². The number of carbonyl (C=O) groups is 2. The molecule has 1 aliphatic heterocycles. The lowest BCUT2D eigenvalue weighted by atomic mass is 9.77. The number of nitrogens with one attached hydrogen (secondary N) is 1. The summed E-state index contributed by atoms with van der Waals surface area (Å²) in [6.45, 7) is 2.37. The number of aromatic nitrogens is 1. The van der Waals surface area contributed by atoms with Crippen molar-refractivity contribution in [1.29, 1.82) is 0 Å². The molecule has 8 heteroatoms. The average molecular weight is 592 g/mol. The lowest BCUT2D eigenvalue weighted by molar-refractivity contribution is -0.122. The van der Waals surface area contributed by atoms with Gasteiger partial charge in [-0.15, -0.1) is 11.3 Å². The fraction of sp³-hybridized carbons (Fsp3) is 0.235. The van der Waals surface area contributed by atoms with Crippen molar-refractivity contribution < 1.29 is 14.3 Å². The van der Waals surface area contributed by atoms with Gasteiger partial charge in [-0.25, -0.2) is 4.98 Å². The van der Waals surface area contributed by atoms with Crippen LogP contribution in [-0.2, 0) is 15.0 Å². The minimum absolute atomic E-state index is 0.0151. The zero-order valence-electron chi connectivity index (χ0n) is 23.1. The van der Waals surface area contributed by atoms with E-state index in [0.717, 1.165) is 28.0 Å². The van der Waals surface area contributed by atoms with Crippen molar-refractivity contribution in [3.05, 3.63) is 101 Å². The number of thiocarbonyl (C=S) groups is 1. The fourth-order valence-electron chi connectivity index (χ4n) is 6.38. The van der Waals surface area contributed by atoms with Crippen molar-refractivity contribution in [2.45, 2.75) is 38.0 Å². The number of carbonyl (C=O) groups excluding carboxylic acids is 2. The van der Waals surface area contributed by atoms with Crippen molar-refractivity contribution in [2.24, 2.45) is 11.8 Å². The van der Waals surface area contributed by atoms with E-state index in [4.69, 9.17) is 21.9 Å². The van der Waals surface area contributed by atoms with Gasteiger partial charge in [0.15, 0.2) is 5.11 Å². The van der Waals surface area contributed by atoms with Crippen LogP contribution in [0.4, 0.5) is 5.69 Å². The highest BCUT2D eigenvalue weighted by atomic mass is 32.1. The summed E-state index contributed by atoms with van der Waals surface area (Å²) in [5, 5.41) is 5.91.